The molecule has 2 aliphatic rings. The Morgan fingerprint density at radius 1 is 1.48 bits per heavy atom. The van der Waals surface area contributed by atoms with Gasteiger partial charge in [0.1, 0.15) is 0 Å². The summed E-state index contributed by atoms with van der Waals surface area (Å²) in [4.78, 5) is 3.35. The number of nitrogens with one attached hydrogen (secondary N) is 1. The van der Waals surface area contributed by atoms with Gasteiger partial charge in [0.25, 0.3) is 0 Å². The number of pyridine rings is 1. The highest BCUT2D eigenvalue weighted by Gasteiger charge is 2.51. The van der Waals surface area contributed by atoms with Gasteiger partial charge < -0.3 is 5.32 Å². The van der Waals surface area contributed by atoms with E-state index in [2.05, 4.69) is 10.3 Å². The highest BCUT2D eigenvalue weighted by molar-refractivity contribution is 7.95. The minimum atomic E-state index is -3.37. The zero-order valence-electron chi connectivity index (χ0n) is 11.7. The van der Waals surface area contributed by atoms with Crippen LogP contribution in [0.3, 0.4) is 0 Å². The Bertz CT molecular complexity index is 708. The number of hydrogen-bond donors (Lipinski definition) is 1. The van der Waals surface area contributed by atoms with Crippen LogP contribution in [0.25, 0.3) is 5.57 Å². The zero-order valence-corrected chi connectivity index (χ0v) is 13.3. The monoisotopic (exact) mass is 324 g/mol. The average Bonchev–Trinajstić information content (AvgIpc) is 3.33. The van der Waals surface area contributed by atoms with Crippen molar-refractivity contribution in [3.05, 3.63) is 47.3 Å². The highest BCUT2D eigenvalue weighted by Crippen LogP contribution is 2.49. The first-order valence-corrected chi connectivity index (χ1v) is 9.02. The Hall–Kier alpha value is -1.33. The molecule has 1 fully saturated rings. The largest absolute Gasteiger partial charge is 0.368 e. The van der Waals surface area contributed by atoms with Crippen molar-refractivity contribution in [2.24, 2.45) is 5.92 Å². The molecule has 1 aliphatic heterocycles. The first kappa shape index (κ1) is 14.6. The molecule has 2 heterocycles. The molecule has 3 rings (SSSR count). The molecule has 0 aromatic carbocycles. The third-order valence-electron chi connectivity index (χ3n) is 3.93. The van der Waals surface area contributed by atoms with Crippen molar-refractivity contribution in [1.82, 2.24) is 10.3 Å². The SMILES string of the molecule is CCS(=O)(=O)C1=CC(c2cccnc2)=CNC1(Cl)C1CC1. The Kier molecular flexibility index (Phi) is 3.58. The molecule has 1 atom stereocenters. The maximum atomic E-state index is 12.4. The molecule has 0 spiro atoms. The van der Waals surface area contributed by atoms with Crippen molar-refractivity contribution in [3.8, 4) is 0 Å². The Morgan fingerprint density at radius 3 is 2.81 bits per heavy atom. The summed E-state index contributed by atoms with van der Waals surface area (Å²) in [6, 6.07) is 3.72. The molecule has 1 aromatic heterocycles. The molecule has 0 bridgehead atoms. The van der Waals surface area contributed by atoms with Gasteiger partial charge in [-0.3, -0.25) is 4.98 Å². The van der Waals surface area contributed by atoms with Crippen LogP contribution < -0.4 is 5.32 Å². The normalized spacial score (nSPS) is 25.8. The van der Waals surface area contributed by atoms with Crippen LogP contribution in [0.2, 0.25) is 0 Å². The van der Waals surface area contributed by atoms with Gasteiger partial charge >= 0.3 is 0 Å². The van der Waals surface area contributed by atoms with Crippen molar-refractivity contribution in [2.75, 3.05) is 5.75 Å². The first-order chi connectivity index (χ1) is 9.97. The Balaban J connectivity index is 2.07. The molecule has 0 amide bonds. The van der Waals surface area contributed by atoms with E-state index in [0.717, 1.165) is 24.0 Å². The molecule has 1 N–H and O–H groups in total. The maximum Gasteiger partial charge on any atom is 0.177 e. The quantitative estimate of drug-likeness (QED) is 0.683. The van der Waals surface area contributed by atoms with E-state index < -0.39 is 14.8 Å². The van der Waals surface area contributed by atoms with Crippen LogP contribution in [-0.2, 0) is 9.84 Å². The number of sulfone groups is 1. The van der Waals surface area contributed by atoms with Gasteiger partial charge in [0, 0.05) is 35.6 Å². The summed E-state index contributed by atoms with van der Waals surface area (Å²) in [5, 5.41) is 3.12. The van der Waals surface area contributed by atoms with E-state index in [0.29, 0.717) is 0 Å². The van der Waals surface area contributed by atoms with Crippen LogP contribution in [0.15, 0.2) is 41.7 Å². The molecule has 1 aromatic rings. The number of dihydropyridines is 1. The molecule has 112 valence electrons. The van der Waals surface area contributed by atoms with Gasteiger partial charge in [-0.15, -0.1) is 0 Å². The van der Waals surface area contributed by atoms with E-state index in [-0.39, 0.29) is 16.6 Å². The van der Waals surface area contributed by atoms with Crippen LogP contribution >= 0.6 is 11.6 Å². The summed E-state index contributed by atoms with van der Waals surface area (Å²) in [5.74, 6) is 0.209. The lowest BCUT2D eigenvalue weighted by Crippen LogP contribution is -2.45. The van der Waals surface area contributed by atoms with Crippen LogP contribution in [0.4, 0.5) is 0 Å². The molecule has 0 radical (unpaired) electrons. The second-order valence-electron chi connectivity index (χ2n) is 5.38. The van der Waals surface area contributed by atoms with Gasteiger partial charge in [-0.25, -0.2) is 8.42 Å². The molecule has 4 nitrogen and oxygen atoms in total. The third-order valence-corrected chi connectivity index (χ3v) is 6.54. The number of alkyl halides is 1. The predicted molar refractivity (Wildman–Crippen MR) is 84.2 cm³/mol. The van der Waals surface area contributed by atoms with E-state index in [4.69, 9.17) is 11.6 Å². The second kappa shape index (κ2) is 5.14. The highest BCUT2D eigenvalue weighted by atomic mass is 35.5. The van der Waals surface area contributed by atoms with Crippen molar-refractivity contribution < 1.29 is 8.42 Å². The van der Waals surface area contributed by atoms with Crippen molar-refractivity contribution in [3.63, 3.8) is 0 Å². The minimum Gasteiger partial charge on any atom is -0.368 e. The van der Waals surface area contributed by atoms with E-state index in [9.17, 15) is 8.42 Å². The van der Waals surface area contributed by atoms with E-state index in [1.54, 1.807) is 31.6 Å². The van der Waals surface area contributed by atoms with Gasteiger partial charge in [-0.05, 0) is 25.0 Å². The smallest absolute Gasteiger partial charge is 0.177 e. The number of aromatic nitrogens is 1. The number of hydrogen-bond acceptors (Lipinski definition) is 4. The molecule has 1 unspecified atom stereocenters. The number of nitrogens with zero attached hydrogens (tertiary/aromatic N) is 1. The summed E-state index contributed by atoms with van der Waals surface area (Å²) in [5.41, 5.74) is 1.65. The third kappa shape index (κ3) is 2.60. The van der Waals surface area contributed by atoms with E-state index in [1.165, 1.54) is 0 Å². The predicted octanol–water partition coefficient (Wildman–Crippen LogP) is 2.69. The first-order valence-electron chi connectivity index (χ1n) is 6.99. The standard InChI is InChI=1S/C15H17ClN2O2S/c1-2-21(19,20)14-8-12(11-4-3-7-17-9-11)10-18-15(14,16)13-5-6-13/h3-4,7-10,13,18H,2,5-6H2,1H3. The van der Waals surface area contributed by atoms with Crippen LogP contribution in [-0.4, -0.2) is 24.2 Å². The molecular formula is C15H17ClN2O2S. The molecule has 21 heavy (non-hydrogen) atoms. The van der Waals surface area contributed by atoms with Crippen LogP contribution in [0.5, 0.6) is 0 Å². The lowest BCUT2D eigenvalue weighted by molar-refractivity contribution is 0.527. The van der Waals surface area contributed by atoms with Crippen molar-refractivity contribution in [2.45, 2.75) is 24.8 Å². The fraction of sp³-hybridized carbons (Fsp3) is 0.400. The lowest BCUT2D eigenvalue weighted by Gasteiger charge is -2.33. The number of allylic oxidation sites excluding steroid dienone is 2. The van der Waals surface area contributed by atoms with Crippen LogP contribution in [0.1, 0.15) is 25.3 Å². The van der Waals surface area contributed by atoms with Crippen molar-refractivity contribution >= 4 is 27.0 Å². The Labute approximate surface area is 129 Å². The fourth-order valence-corrected chi connectivity index (χ4v) is 4.49. The summed E-state index contributed by atoms with van der Waals surface area (Å²) < 4.78 is 24.9. The molecular weight excluding hydrogens is 308 g/mol. The number of halogens is 1. The fourth-order valence-electron chi connectivity index (χ4n) is 2.51. The lowest BCUT2D eigenvalue weighted by atomic mass is 10.0. The zero-order chi connectivity index (χ0) is 15.1. The summed E-state index contributed by atoms with van der Waals surface area (Å²) >= 11 is 6.64. The summed E-state index contributed by atoms with van der Waals surface area (Å²) in [6.45, 7) is 1.64. The molecule has 1 saturated carbocycles. The molecule has 0 saturated heterocycles. The summed E-state index contributed by atoms with van der Waals surface area (Å²) in [7, 11) is -3.37. The van der Waals surface area contributed by atoms with Crippen LogP contribution in [0, 0.1) is 5.92 Å². The second-order valence-corrected chi connectivity index (χ2v) is 8.23. The Morgan fingerprint density at radius 2 is 2.24 bits per heavy atom. The van der Waals surface area contributed by atoms with Gasteiger partial charge in [-0.1, -0.05) is 24.6 Å². The molecule has 1 aliphatic carbocycles. The van der Waals surface area contributed by atoms with Gasteiger partial charge in [0.2, 0.25) is 0 Å². The topological polar surface area (TPSA) is 59.1 Å². The molecule has 6 heteroatoms. The van der Waals surface area contributed by atoms with Crippen molar-refractivity contribution in [1.29, 1.82) is 0 Å². The van der Waals surface area contributed by atoms with E-state index in [1.807, 2.05) is 12.1 Å². The maximum absolute atomic E-state index is 12.4. The minimum absolute atomic E-state index is 0.0437. The van der Waals surface area contributed by atoms with E-state index >= 15 is 0 Å². The van der Waals surface area contributed by atoms with Gasteiger partial charge in [0.15, 0.2) is 14.8 Å². The number of rotatable bonds is 4. The van der Waals surface area contributed by atoms with Gasteiger partial charge in [-0.2, -0.15) is 0 Å². The average molecular weight is 325 g/mol. The summed E-state index contributed by atoms with van der Waals surface area (Å²) in [6.07, 6.45) is 8.77. The van der Waals surface area contributed by atoms with Gasteiger partial charge in [0.05, 0.1) is 10.7 Å².